The second kappa shape index (κ2) is 11.3. The van der Waals surface area contributed by atoms with Gasteiger partial charge in [-0.25, -0.2) is 14.1 Å². The number of amides is 4. The second-order valence-corrected chi connectivity index (χ2v) is 13.4. The third kappa shape index (κ3) is 4.38. The first-order valence-corrected chi connectivity index (χ1v) is 15.9. The minimum Gasteiger partial charge on any atom is -0.507 e. The smallest absolute Gasteiger partial charge is 0.335 e. The number of hydrogen-bond acceptors (Lipinski definition) is 6. The number of carbonyl (C=O) groups is 5. The van der Waals surface area contributed by atoms with E-state index < -0.39 is 70.4 Å². The summed E-state index contributed by atoms with van der Waals surface area (Å²) in [6.07, 6.45) is 4.06. The number of para-hydroxylation sites is 1. The van der Waals surface area contributed by atoms with Gasteiger partial charge in [-0.05, 0) is 74.1 Å². The van der Waals surface area contributed by atoms with E-state index in [1.54, 1.807) is 31.2 Å². The fraction of sp³-hybridized carbons (Fsp3) is 0.270. The lowest BCUT2D eigenvalue weighted by atomic mass is 9.51. The van der Waals surface area contributed by atoms with E-state index in [1.165, 1.54) is 36.4 Å². The van der Waals surface area contributed by atoms with E-state index in [0.29, 0.717) is 23.1 Å². The van der Waals surface area contributed by atoms with Gasteiger partial charge in [0, 0.05) is 11.5 Å². The number of allylic oxidation sites excluding steroid dienone is 3. The first-order valence-electron chi connectivity index (χ1n) is 15.6. The van der Waals surface area contributed by atoms with Gasteiger partial charge in [0.15, 0.2) is 0 Å². The molecule has 3 fully saturated rings. The Labute approximate surface area is 279 Å². The van der Waals surface area contributed by atoms with Gasteiger partial charge in [0.2, 0.25) is 23.6 Å². The predicted octanol–water partition coefficient (Wildman–Crippen LogP) is 6.05. The Morgan fingerprint density at radius 2 is 1.73 bits per heavy atom. The van der Waals surface area contributed by atoms with Gasteiger partial charge in [-0.3, -0.25) is 24.1 Å². The standard InChI is InChI=1S/C37H30ClFN2O7/c1-3-6-18-7-5-10-24(31(18)42)30-22-12-13-23-29(34(45)40(32(23)43)20-9-4-8-19(15-20)35(46)47)25(22)17-26-33(44)41(36(48)37(26,30)2)21-11-14-28(39)27(38)16-21/h3-5,7-12,14-16,23,25-26,29-30,42H,1,6,13,17H2,2H3,(H,46,47)/t23-,25+,26-,29-,30+,37+/m0/s1. The van der Waals surface area contributed by atoms with Gasteiger partial charge in [-0.1, -0.05) is 53.6 Å². The molecule has 7 rings (SSSR count). The number of anilines is 2. The summed E-state index contributed by atoms with van der Waals surface area (Å²) in [5.41, 5.74) is 0.359. The molecule has 9 nitrogen and oxygen atoms in total. The molecule has 2 heterocycles. The Balaban J connectivity index is 1.38. The maximum absolute atomic E-state index is 14.6. The number of carboxylic acids is 1. The molecule has 3 aromatic carbocycles. The number of phenolic OH excluding ortho intramolecular Hbond substituents is 1. The zero-order valence-corrected chi connectivity index (χ0v) is 26.5. The van der Waals surface area contributed by atoms with Crippen LogP contribution in [0.4, 0.5) is 15.8 Å². The summed E-state index contributed by atoms with van der Waals surface area (Å²) in [5.74, 6) is -8.25. The quantitative estimate of drug-likeness (QED) is 0.242. The van der Waals surface area contributed by atoms with Crippen LogP contribution < -0.4 is 9.80 Å². The highest BCUT2D eigenvalue weighted by Crippen LogP contribution is 2.64. The average molecular weight is 669 g/mol. The largest absolute Gasteiger partial charge is 0.507 e. The van der Waals surface area contributed by atoms with Crippen molar-refractivity contribution < 1.29 is 38.6 Å². The fourth-order valence-corrected chi connectivity index (χ4v) is 8.60. The van der Waals surface area contributed by atoms with Crippen molar-refractivity contribution in [1.82, 2.24) is 0 Å². The van der Waals surface area contributed by atoms with E-state index in [2.05, 4.69) is 6.58 Å². The molecule has 244 valence electrons. The highest BCUT2D eigenvalue weighted by atomic mass is 35.5. The Kier molecular flexibility index (Phi) is 7.39. The van der Waals surface area contributed by atoms with E-state index in [4.69, 9.17) is 11.6 Å². The van der Waals surface area contributed by atoms with Crippen molar-refractivity contribution in [2.75, 3.05) is 9.80 Å². The number of phenols is 1. The van der Waals surface area contributed by atoms with E-state index in [1.807, 2.05) is 6.08 Å². The zero-order chi connectivity index (χ0) is 34.2. The van der Waals surface area contributed by atoms with Crippen LogP contribution in [-0.4, -0.2) is 39.8 Å². The van der Waals surface area contributed by atoms with E-state index in [9.17, 15) is 38.6 Å². The molecular formula is C37H30ClFN2O7. The van der Waals surface area contributed by atoms with Crippen LogP contribution in [0.3, 0.4) is 0 Å². The molecule has 48 heavy (non-hydrogen) atoms. The molecule has 4 amide bonds. The molecule has 0 radical (unpaired) electrons. The SMILES string of the molecule is C=CCc1cccc([C@H]2C3=CC[C@@H]4C(=O)N(c5cccc(C(=O)O)c5)C(=O)[C@@H]4[C@@H]3C[C@H]3C(=O)N(c4ccc(F)c(Cl)c4)C(=O)[C@@]23C)c1O. The number of carbonyl (C=O) groups excluding carboxylic acids is 4. The maximum atomic E-state index is 14.6. The predicted molar refractivity (Wildman–Crippen MR) is 174 cm³/mol. The van der Waals surface area contributed by atoms with Crippen molar-refractivity contribution in [2.24, 2.45) is 29.1 Å². The molecule has 2 N–H and O–H groups in total. The van der Waals surface area contributed by atoms with E-state index >= 15 is 0 Å². The third-order valence-electron chi connectivity index (χ3n) is 10.6. The zero-order valence-electron chi connectivity index (χ0n) is 25.7. The summed E-state index contributed by atoms with van der Waals surface area (Å²) in [7, 11) is 0. The van der Waals surface area contributed by atoms with Crippen LogP contribution in [0.1, 0.15) is 47.2 Å². The van der Waals surface area contributed by atoms with Crippen molar-refractivity contribution in [1.29, 1.82) is 0 Å². The van der Waals surface area contributed by atoms with Crippen LogP contribution in [0.25, 0.3) is 0 Å². The lowest BCUT2D eigenvalue weighted by Crippen LogP contribution is -2.49. The van der Waals surface area contributed by atoms with E-state index in [0.717, 1.165) is 15.9 Å². The number of aromatic carboxylic acids is 1. The molecule has 11 heteroatoms. The molecule has 4 aliphatic rings. The number of halogens is 2. The topological polar surface area (TPSA) is 132 Å². The molecular weight excluding hydrogens is 639 g/mol. The monoisotopic (exact) mass is 668 g/mol. The third-order valence-corrected chi connectivity index (χ3v) is 10.9. The van der Waals surface area contributed by atoms with Crippen LogP contribution in [0.15, 0.2) is 85.0 Å². The molecule has 0 unspecified atom stereocenters. The van der Waals surface area contributed by atoms with Crippen LogP contribution in [-0.2, 0) is 25.6 Å². The van der Waals surface area contributed by atoms with Crippen molar-refractivity contribution in [3.63, 3.8) is 0 Å². The summed E-state index contributed by atoms with van der Waals surface area (Å²) in [6.45, 7) is 5.46. The number of imide groups is 2. The van der Waals surface area contributed by atoms with Crippen molar-refractivity contribution >= 4 is 52.6 Å². The molecule has 0 bridgehead atoms. The first-order chi connectivity index (χ1) is 22.9. The van der Waals surface area contributed by atoms with Crippen LogP contribution >= 0.6 is 11.6 Å². The van der Waals surface area contributed by atoms with Crippen molar-refractivity contribution in [3.05, 3.63) is 112 Å². The Bertz CT molecular complexity index is 2010. The van der Waals surface area contributed by atoms with Gasteiger partial charge in [-0.15, -0.1) is 6.58 Å². The summed E-state index contributed by atoms with van der Waals surface area (Å²) in [6, 6.07) is 14.4. The number of rotatable bonds is 6. The van der Waals surface area contributed by atoms with Crippen molar-refractivity contribution in [3.8, 4) is 5.75 Å². The molecule has 2 saturated heterocycles. The Hall–Kier alpha value is -5.09. The lowest BCUT2D eigenvalue weighted by molar-refractivity contribution is -0.131. The number of fused-ring (bicyclic) bond motifs is 4. The van der Waals surface area contributed by atoms with Gasteiger partial charge in [-0.2, -0.15) is 0 Å². The number of hydrogen-bond donors (Lipinski definition) is 2. The fourth-order valence-electron chi connectivity index (χ4n) is 8.43. The summed E-state index contributed by atoms with van der Waals surface area (Å²) >= 11 is 6.07. The summed E-state index contributed by atoms with van der Waals surface area (Å²) in [4.78, 5) is 70.7. The highest BCUT2D eigenvalue weighted by Gasteiger charge is 2.68. The number of aromatic hydroxyl groups is 1. The number of nitrogens with zero attached hydrogens (tertiary/aromatic N) is 2. The van der Waals surface area contributed by atoms with Crippen molar-refractivity contribution in [2.45, 2.75) is 32.1 Å². The van der Waals surface area contributed by atoms with Crippen LogP contribution in [0.5, 0.6) is 5.75 Å². The van der Waals surface area contributed by atoms with Gasteiger partial charge in [0.05, 0.1) is 45.1 Å². The molecule has 3 aromatic rings. The Morgan fingerprint density at radius 3 is 2.44 bits per heavy atom. The average Bonchev–Trinajstić information content (AvgIpc) is 3.43. The van der Waals surface area contributed by atoms with E-state index in [-0.39, 0.29) is 40.6 Å². The van der Waals surface area contributed by atoms with Crippen LogP contribution in [0.2, 0.25) is 5.02 Å². The molecule has 0 spiro atoms. The lowest BCUT2D eigenvalue weighted by Gasteiger charge is -2.49. The maximum Gasteiger partial charge on any atom is 0.335 e. The van der Waals surface area contributed by atoms with Gasteiger partial charge in [0.1, 0.15) is 11.6 Å². The normalized spacial score (nSPS) is 27.8. The highest BCUT2D eigenvalue weighted by molar-refractivity contribution is 6.32. The van der Waals surface area contributed by atoms with Gasteiger partial charge < -0.3 is 10.2 Å². The molecule has 2 aliphatic heterocycles. The molecule has 0 aromatic heterocycles. The van der Waals surface area contributed by atoms with Crippen LogP contribution in [0, 0.1) is 34.9 Å². The van der Waals surface area contributed by atoms with Gasteiger partial charge >= 0.3 is 5.97 Å². The minimum absolute atomic E-state index is 0.0597. The molecule has 1 saturated carbocycles. The number of benzene rings is 3. The Morgan fingerprint density at radius 1 is 1.00 bits per heavy atom. The summed E-state index contributed by atoms with van der Waals surface area (Å²) in [5, 5.41) is 20.9. The second-order valence-electron chi connectivity index (χ2n) is 13.0. The summed E-state index contributed by atoms with van der Waals surface area (Å²) < 4.78 is 14.1. The molecule has 6 atom stereocenters. The first kappa shape index (κ1) is 31.5. The minimum atomic E-state index is -1.43. The number of carboxylic acid groups (broad SMARTS) is 1. The van der Waals surface area contributed by atoms with Gasteiger partial charge in [0.25, 0.3) is 0 Å². The molecule has 2 aliphatic carbocycles.